The fourth-order valence-electron chi connectivity index (χ4n) is 4.22. The van der Waals surface area contributed by atoms with Gasteiger partial charge in [-0.2, -0.15) is 0 Å². The number of benzene rings is 2. The molecule has 1 unspecified atom stereocenters. The molecule has 2 amide bonds. The monoisotopic (exact) mass is 407 g/mol. The summed E-state index contributed by atoms with van der Waals surface area (Å²) in [5.41, 5.74) is 8.53. The molecule has 6 nitrogen and oxygen atoms in total. The molecular weight excluding hydrogens is 378 g/mol. The lowest BCUT2D eigenvalue weighted by Gasteiger charge is -2.30. The van der Waals surface area contributed by atoms with Crippen molar-refractivity contribution in [1.29, 1.82) is 0 Å². The van der Waals surface area contributed by atoms with Crippen molar-refractivity contribution >= 4 is 17.5 Å². The number of amides is 2. The Morgan fingerprint density at radius 3 is 2.50 bits per heavy atom. The van der Waals surface area contributed by atoms with Crippen molar-refractivity contribution in [2.24, 2.45) is 17.6 Å². The maximum Gasteiger partial charge on any atom is 0.231 e. The van der Waals surface area contributed by atoms with Crippen LogP contribution in [0.2, 0.25) is 0 Å². The van der Waals surface area contributed by atoms with Gasteiger partial charge >= 0.3 is 0 Å². The first-order valence-electron chi connectivity index (χ1n) is 10.7. The van der Waals surface area contributed by atoms with Crippen molar-refractivity contribution in [3.05, 3.63) is 59.7 Å². The predicted molar refractivity (Wildman–Crippen MR) is 116 cm³/mol. The number of nitrogens with zero attached hydrogens (tertiary/aromatic N) is 1. The van der Waals surface area contributed by atoms with Crippen LogP contribution in [0.1, 0.15) is 24.0 Å². The molecule has 2 aromatic rings. The van der Waals surface area contributed by atoms with Gasteiger partial charge in [0.05, 0.1) is 5.92 Å². The Bertz CT molecular complexity index is 889. The molecule has 1 atom stereocenters. The summed E-state index contributed by atoms with van der Waals surface area (Å²) in [6.45, 7) is 3.23. The van der Waals surface area contributed by atoms with Crippen LogP contribution in [0.25, 0.3) is 0 Å². The Balaban J connectivity index is 1.24. The SMILES string of the molecule is NC(=O)C1CCN(CCc2ccc(NC(=O)C3COc4ccccc4C3)cc2)CC1. The van der Waals surface area contributed by atoms with E-state index in [9.17, 15) is 9.59 Å². The van der Waals surface area contributed by atoms with Crippen LogP contribution in [-0.4, -0.2) is 43.0 Å². The largest absolute Gasteiger partial charge is 0.492 e. The molecular formula is C24H29N3O3. The average molecular weight is 408 g/mol. The van der Waals surface area contributed by atoms with Gasteiger partial charge in [0.2, 0.25) is 11.8 Å². The fourth-order valence-corrected chi connectivity index (χ4v) is 4.22. The predicted octanol–water partition coefficient (Wildman–Crippen LogP) is 2.62. The molecule has 6 heteroatoms. The highest BCUT2D eigenvalue weighted by Crippen LogP contribution is 2.27. The summed E-state index contributed by atoms with van der Waals surface area (Å²) in [7, 11) is 0. The Hall–Kier alpha value is -2.86. The van der Waals surface area contributed by atoms with E-state index in [0.717, 1.165) is 55.9 Å². The van der Waals surface area contributed by atoms with E-state index < -0.39 is 0 Å². The number of para-hydroxylation sites is 1. The molecule has 0 spiro atoms. The molecule has 1 saturated heterocycles. The maximum atomic E-state index is 12.6. The minimum absolute atomic E-state index is 0.00502. The summed E-state index contributed by atoms with van der Waals surface area (Å²) in [4.78, 5) is 26.3. The molecule has 2 aliphatic rings. The third-order valence-electron chi connectivity index (χ3n) is 6.18. The van der Waals surface area contributed by atoms with E-state index in [1.54, 1.807) is 0 Å². The first kappa shape index (κ1) is 20.4. The maximum absolute atomic E-state index is 12.6. The normalized spacial score (nSPS) is 19.5. The van der Waals surface area contributed by atoms with Crippen molar-refractivity contribution in [2.75, 3.05) is 31.6 Å². The number of hydrogen-bond acceptors (Lipinski definition) is 4. The quantitative estimate of drug-likeness (QED) is 0.771. The lowest BCUT2D eigenvalue weighted by molar-refractivity contribution is -0.123. The summed E-state index contributed by atoms with van der Waals surface area (Å²) in [6.07, 6.45) is 3.36. The van der Waals surface area contributed by atoms with Crippen molar-refractivity contribution in [2.45, 2.75) is 25.7 Å². The third-order valence-corrected chi connectivity index (χ3v) is 6.18. The highest BCUT2D eigenvalue weighted by Gasteiger charge is 2.26. The molecule has 0 aromatic heterocycles. The van der Waals surface area contributed by atoms with E-state index in [2.05, 4.69) is 22.3 Å². The van der Waals surface area contributed by atoms with Gasteiger partial charge in [0, 0.05) is 18.2 Å². The molecule has 0 saturated carbocycles. The van der Waals surface area contributed by atoms with E-state index in [1.807, 2.05) is 36.4 Å². The second-order valence-corrected chi connectivity index (χ2v) is 8.27. The Kier molecular flexibility index (Phi) is 6.33. The highest BCUT2D eigenvalue weighted by molar-refractivity contribution is 5.93. The van der Waals surface area contributed by atoms with E-state index in [-0.39, 0.29) is 23.7 Å². The number of fused-ring (bicyclic) bond motifs is 1. The molecule has 2 heterocycles. The zero-order valence-electron chi connectivity index (χ0n) is 17.2. The standard InChI is InChI=1S/C24H29N3O3/c25-23(28)18-10-13-27(14-11-18)12-9-17-5-7-21(8-6-17)26-24(29)20-15-19-3-1-2-4-22(19)30-16-20/h1-8,18,20H,9-16H2,(H2,25,28)(H,26,29). The molecule has 30 heavy (non-hydrogen) atoms. The van der Waals surface area contributed by atoms with E-state index in [1.165, 1.54) is 5.56 Å². The van der Waals surface area contributed by atoms with Crippen LogP contribution in [0.4, 0.5) is 5.69 Å². The summed E-state index contributed by atoms with van der Waals surface area (Å²) in [5, 5.41) is 3.02. The molecule has 2 aliphatic heterocycles. The Labute approximate surface area is 177 Å². The molecule has 158 valence electrons. The molecule has 3 N–H and O–H groups in total. The summed E-state index contributed by atoms with van der Waals surface area (Å²) >= 11 is 0. The minimum atomic E-state index is -0.178. The average Bonchev–Trinajstić information content (AvgIpc) is 2.78. The smallest absolute Gasteiger partial charge is 0.231 e. The second kappa shape index (κ2) is 9.30. The number of hydrogen-bond donors (Lipinski definition) is 2. The van der Waals surface area contributed by atoms with Crippen molar-refractivity contribution in [1.82, 2.24) is 4.90 Å². The molecule has 1 fully saturated rings. The number of anilines is 1. The lowest BCUT2D eigenvalue weighted by Crippen LogP contribution is -2.39. The van der Waals surface area contributed by atoms with Crippen LogP contribution < -0.4 is 15.8 Å². The zero-order valence-corrected chi connectivity index (χ0v) is 17.2. The van der Waals surface area contributed by atoms with Gasteiger partial charge in [0.15, 0.2) is 0 Å². The van der Waals surface area contributed by atoms with Gasteiger partial charge < -0.3 is 20.7 Å². The van der Waals surface area contributed by atoms with Gasteiger partial charge in [0.1, 0.15) is 12.4 Å². The molecule has 0 aliphatic carbocycles. The van der Waals surface area contributed by atoms with Crippen molar-refractivity contribution in [3.8, 4) is 5.75 Å². The van der Waals surface area contributed by atoms with Gasteiger partial charge in [-0.15, -0.1) is 0 Å². The van der Waals surface area contributed by atoms with Gasteiger partial charge in [-0.1, -0.05) is 30.3 Å². The first-order chi connectivity index (χ1) is 14.6. The van der Waals surface area contributed by atoms with E-state index in [0.29, 0.717) is 13.0 Å². The minimum Gasteiger partial charge on any atom is -0.492 e. The molecule has 0 bridgehead atoms. The third kappa shape index (κ3) is 5.00. The van der Waals surface area contributed by atoms with Crippen molar-refractivity contribution < 1.29 is 14.3 Å². The number of carbonyl (C=O) groups excluding carboxylic acids is 2. The Morgan fingerprint density at radius 2 is 1.77 bits per heavy atom. The number of nitrogens with one attached hydrogen (secondary N) is 1. The number of primary amides is 1. The zero-order chi connectivity index (χ0) is 20.9. The van der Waals surface area contributed by atoms with Gasteiger partial charge in [0.25, 0.3) is 0 Å². The van der Waals surface area contributed by atoms with Gasteiger partial charge in [-0.25, -0.2) is 0 Å². The van der Waals surface area contributed by atoms with Crippen LogP contribution in [0.15, 0.2) is 48.5 Å². The van der Waals surface area contributed by atoms with Crippen LogP contribution in [0, 0.1) is 11.8 Å². The van der Waals surface area contributed by atoms with E-state index in [4.69, 9.17) is 10.5 Å². The Morgan fingerprint density at radius 1 is 1.03 bits per heavy atom. The number of rotatable bonds is 6. The van der Waals surface area contributed by atoms with Crippen molar-refractivity contribution in [3.63, 3.8) is 0 Å². The van der Waals surface area contributed by atoms with Crippen LogP contribution >= 0.6 is 0 Å². The molecule has 2 aromatic carbocycles. The number of carbonyl (C=O) groups is 2. The number of nitrogens with two attached hydrogens (primary N) is 1. The summed E-state index contributed by atoms with van der Waals surface area (Å²) in [5.74, 6) is 0.561. The number of piperidine rings is 1. The first-order valence-corrected chi connectivity index (χ1v) is 10.7. The van der Waals surface area contributed by atoms with E-state index >= 15 is 0 Å². The summed E-state index contributed by atoms with van der Waals surface area (Å²) < 4.78 is 5.73. The highest BCUT2D eigenvalue weighted by atomic mass is 16.5. The van der Waals surface area contributed by atoms with Gasteiger partial charge in [-0.3, -0.25) is 9.59 Å². The number of likely N-dealkylation sites (tertiary alicyclic amines) is 1. The lowest BCUT2D eigenvalue weighted by atomic mass is 9.96. The summed E-state index contributed by atoms with van der Waals surface area (Å²) in [6, 6.07) is 15.9. The van der Waals surface area contributed by atoms with Gasteiger partial charge in [-0.05, 0) is 68.1 Å². The molecule has 0 radical (unpaired) electrons. The topological polar surface area (TPSA) is 84.7 Å². The van der Waals surface area contributed by atoms with Crippen LogP contribution in [0.3, 0.4) is 0 Å². The van der Waals surface area contributed by atoms with Crippen LogP contribution in [-0.2, 0) is 22.4 Å². The fraction of sp³-hybridized carbons (Fsp3) is 0.417. The second-order valence-electron chi connectivity index (χ2n) is 8.27. The van der Waals surface area contributed by atoms with Crippen LogP contribution in [0.5, 0.6) is 5.75 Å². The molecule has 4 rings (SSSR count). The number of ether oxygens (including phenoxy) is 1.